The van der Waals surface area contributed by atoms with Gasteiger partial charge in [0.1, 0.15) is 19.3 Å². The van der Waals surface area contributed by atoms with Crippen molar-refractivity contribution in [3.8, 4) is 0 Å². The molecule has 2 unspecified atom stereocenters. The highest BCUT2D eigenvalue weighted by atomic mass is 31.2. The largest absolute Gasteiger partial charge is 0.472 e. The van der Waals surface area contributed by atoms with Crippen LogP contribution in [-0.2, 0) is 65.4 Å². The van der Waals surface area contributed by atoms with Crippen LogP contribution >= 0.6 is 15.6 Å². The molecule has 19 heteroatoms. The molecule has 3 N–H and O–H groups in total. The Labute approximate surface area is 600 Å². The second kappa shape index (κ2) is 73.4. The Morgan fingerprint density at radius 1 is 0.245 bits per heavy atom. The number of rotatable bonds is 80. The third kappa shape index (κ3) is 72.4. The summed E-state index contributed by atoms with van der Waals surface area (Å²) >= 11 is 0. The molecule has 98 heavy (non-hydrogen) atoms. The van der Waals surface area contributed by atoms with Crippen molar-refractivity contribution >= 4 is 39.5 Å². The maximum absolute atomic E-state index is 13.1. The van der Waals surface area contributed by atoms with Gasteiger partial charge >= 0.3 is 39.5 Å². The summed E-state index contributed by atoms with van der Waals surface area (Å²) in [6.45, 7) is 4.99. The smallest absolute Gasteiger partial charge is 0.462 e. The highest BCUT2D eigenvalue weighted by Crippen LogP contribution is 2.45. The van der Waals surface area contributed by atoms with Crippen LogP contribution in [0.25, 0.3) is 0 Å². The summed E-state index contributed by atoms with van der Waals surface area (Å²) in [6.07, 6.45) is 65.2. The Bertz CT molecular complexity index is 1860. The van der Waals surface area contributed by atoms with Gasteiger partial charge in [-0.2, -0.15) is 0 Å². The highest BCUT2D eigenvalue weighted by molar-refractivity contribution is 7.47. The first-order valence-corrected chi connectivity index (χ1v) is 44.3. The van der Waals surface area contributed by atoms with Crippen molar-refractivity contribution in [2.24, 2.45) is 0 Å². The lowest BCUT2D eigenvalue weighted by Gasteiger charge is -2.21. The zero-order chi connectivity index (χ0) is 71.8. The van der Waals surface area contributed by atoms with Gasteiger partial charge in [0.15, 0.2) is 12.2 Å². The van der Waals surface area contributed by atoms with E-state index in [0.29, 0.717) is 25.7 Å². The Morgan fingerprint density at radius 2 is 0.408 bits per heavy atom. The molecule has 0 fully saturated rings. The predicted molar refractivity (Wildman–Crippen MR) is 400 cm³/mol. The molecule has 0 heterocycles. The van der Waals surface area contributed by atoms with Gasteiger partial charge in [-0.15, -0.1) is 0 Å². The Hall–Kier alpha value is -1.94. The summed E-state index contributed by atoms with van der Waals surface area (Å²) in [4.78, 5) is 72.9. The van der Waals surface area contributed by atoms with E-state index in [-0.39, 0.29) is 25.7 Å². The van der Waals surface area contributed by atoms with Crippen LogP contribution in [0.5, 0.6) is 0 Å². The van der Waals surface area contributed by atoms with E-state index < -0.39 is 97.5 Å². The summed E-state index contributed by atoms with van der Waals surface area (Å²) in [5.41, 5.74) is 0. The van der Waals surface area contributed by atoms with Gasteiger partial charge in [0.2, 0.25) is 0 Å². The lowest BCUT2D eigenvalue weighted by atomic mass is 10.0. The number of unbranched alkanes of at least 4 members (excludes halogenated alkanes) is 54. The van der Waals surface area contributed by atoms with Crippen molar-refractivity contribution in [1.29, 1.82) is 0 Å². The summed E-state index contributed by atoms with van der Waals surface area (Å²) in [5.74, 6) is -2.11. The van der Waals surface area contributed by atoms with E-state index in [4.69, 9.17) is 37.0 Å². The van der Waals surface area contributed by atoms with Crippen molar-refractivity contribution in [2.75, 3.05) is 39.6 Å². The van der Waals surface area contributed by atoms with Gasteiger partial charge in [0.05, 0.1) is 26.4 Å². The molecule has 0 amide bonds. The monoisotopic (exact) mass is 1440 g/mol. The number of aliphatic hydroxyl groups is 1. The van der Waals surface area contributed by atoms with Crippen molar-refractivity contribution in [1.82, 2.24) is 0 Å². The molecule has 582 valence electrons. The number of ether oxygens (including phenoxy) is 4. The summed E-state index contributed by atoms with van der Waals surface area (Å²) in [6, 6.07) is 0. The normalized spacial score (nSPS) is 13.8. The maximum Gasteiger partial charge on any atom is 0.472 e. The topological polar surface area (TPSA) is 237 Å². The molecule has 0 spiro atoms. The number of hydrogen-bond acceptors (Lipinski definition) is 15. The molecule has 0 aromatic heterocycles. The van der Waals surface area contributed by atoms with E-state index in [1.54, 1.807) is 0 Å². The van der Waals surface area contributed by atoms with Gasteiger partial charge in [0, 0.05) is 25.7 Å². The molecule has 0 saturated heterocycles. The fourth-order valence-electron chi connectivity index (χ4n) is 12.3. The summed E-state index contributed by atoms with van der Waals surface area (Å²) < 4.78 is 68.6. The van der Waals surface area contributed by atoms with Crippen LogP contribution in [0.2, 0.25) is 0 Å². The summed E-state index contributed by atoms with van der Waals surface area (Å²) in [7, 11) is -9.91. The number of esters is 4. The molecular weight excluding hydrogens is 1280 g/mol. The average Bonchev–Trinajstić information content (AvgIpc) is 0.992. The molecule has 17 nitrogen and oxygen atoms in total. The molecule has 0 aromatic carbocycles. The third-order valence-electron chi connectivity index (χ3n) is 18.6. The Morgan fingerprint density at radius 3 is 0.602 bits per heavy atom. The molecule has 0 aliphatic heterocycles. The molecule has 0 rings (SSSR count). The van der Waals surface area contributed by atoms with Crippen molar-refractivity contribution < 1.29 is 80.2 Å². The van der Waals surface area contributed by atoms with Crippen LogP contribution in [0.3, 0.4) is 0 Å². The van der Waals surface area contributed by atoms with Gasteiger partial charge in [-0.05, 0) is 25.7 Å². The van der Waals surface area contributed by atoms with Crippen LogP contribution in [0.15, 0.2) is 0 Å². The Balaban J connectivity index is 5.20. The molecule has 0 bridgehead atoms. The fraction of sp³-hybridized carbons (Fsp3) is 0.949. The van der Waals surface area contributed by atoms with Gasteiger partial charge in [-0.1, -0.05) is 374 Å². The molecule has 0 aromatic rings. The first-order valence-electron chi connectivity index (χ1n) is 41.3. The highest BCUT2D eigenvalue weighted by Gasteiger charge is 2.30. The molecule has 0 aliphatic carbocycles. The number of carbonyl (C=O) groups is 4. The first kappa shape index (κ1) is 96.1. The maximum atomic E-state index is 13.1. The van der Waals surface area contributed by atoms with E-state index in [1.165, 1.54) is 257 Å². The number of aliphatic hydroxyl groups excluding tert-OH is 1. The average molecular weight is 1440 g/mol. The van der Waals surface area contributed by atoms with Crippen molar-refractivity contribution in [3.63, 3.8) is 0 Å². The molecule has 0 aliphatic rings. The van der Waals surface area contributed by atoms with Crippen LogP contribution in [0.4, 0.5) is 0 Å². The van der Waals surface area contributed by atoms with Crippen LogP contribution in [0.1, 0.15) is 426 Å². The SMILES string of the molecule is CCCCCCCCCCCCCCCCCCCCCC(=O)O[C@H](COC(=O)CCCCCCCCCCCCCCCCCCC)COP(=O)(O)OC[C@@H](O)COP(=O)(O)OC[C@@H](COC(=O)CCCCCCCCCC)OC(=O)CCCCCCCCCCCCCCCC. The zero-order valence-electron chi connectivity index (χ0n) is 63.8. The van der Waals surface area contributed by atoms with Gasteiger partial charge in [-0.25, -0.2) is 9.13 Å². The Kier molecular flexibility index (Phi) is 71.9. The van der Waals surface area contributed by atoms with E-state index in [1.807, 2.05) is 0 Å². The molecule has 0 saturated carbocycles. The summed E-state index contributed by atoms with van der Waals surface area (Å²) in [5, 5.41) is 10.6. The van der Waals surface area contributed by atoms with Gasteiger partial charge in [0.25, 0.3) is 0 Å². The predicted octanol–water partition coefficient (Wildman–Crippen LogP) is 23.8. The van der Waals surface area contributed by atoms with E-state index in [0.717, 1.165) is 89.9 Å². The third-order valence-corrected chi connectivity index (χ3v) is 20.5. The number of carbonyl (C=O) groups excluding carboxylic acids is 4. The minimum absolute atomic E-state index is 0.108. The molecule has 5 atom stereocenters. The number of phosphoric acid groups is 2. The van der Waals surface area contributed by atoms with Crippen LogP contribution in [-0.4, -0.2) is 96.7 Å². The standard InChI is InChI=1S/C79H154O17P2/c1-5-9-13-17-21-25-28-31-34-36-37-39-41-44-47-50-54-58-62-66-79(84)96-75(70-90-77(82)64-60-56-52-48-45-43-40-38-35-32-29-26-22-18-14-10-6-2)72-94-98(87,88)92-68-73(80)67-91-97(85,86)93-71-74(69-89-76(81)63-59-55-51-24-20-16-12-8-4)95-78(83)65-61-57-53-49-46-42-33-30-27-23-19-15-11-7-3/h73-75,80H,5-72H2,1-4H3,(H,85,86)(H,87,88)/t73-,74+,75+/m0/s1. The van der Waals surface area contributed by atoms with Crippen LogP contribution in [0, 0.1) is 0 Å². The molecule has 0 radical (unpaired) electrons. The van der Waals surface area contributed by atoms with E-state index in [9.17, 15) is 43.2 Å². The second-order valence-electron chi connectivity index (χ2n) is 28.5. The quantitative estimate of drug-likeness (QED) is 0.0222. The fourth-order valence-corrected chi connectivity index (χ4v) is 13.9. The van der Waals surface area contributed by atoms with Gasteiger partial charge < -0.3 is 33.8 Å². The van der Waals surface area contributed by atoms with Crippen LogP contribution < -0.4 is 0 Å². The second-order valence-corrected chi connectivity index (χ2v) is 31.4. The van der Waals surface area contributed by atoms with Crippen molar-refractivity contribution in [2.45, 2.75) is 444 Å². The minimum Gasteiger partial charge on any atom is -0.462 e. The lowest BCUT2D eigenvalue weighted by molar-refractivity contribution is -0.161. The molecular formula is C79H154O17P2. The number of hydrogen-bond donors (Lipinski definition) is 3. The first-order chi connectivity index (χ1) is 47.7. The van der Waals surface area contributed by atoms with Gasteiger partial charge in [-0.3, -0.25) is 37.3 Å². The number of phosphoric ester groups is 2. The van der Waals surface area contributed by atoms with E-state index in [2.05, 4.69) is 27.7 Å². The van der Waals surface area contributed by atoms with Crippen molar-refractivity contribution in [3.05, 3.63) is 0 Å². The van der Waals surface area contributed by atoms with E-state index >= 15 is 0 Å². The lowest BCUT2D eigenvalue weighted by Crippen LogP contribution is -2.30. The minimum atomic E-state index is -4.96. The zero-order valence-corrected chi connectivity index (χ0v) is 65.6.